The highest BCUT2D eigenvalue weighted by molar-refractivity contribution is 9.13. The number of halogens is 5. The standard InChI is InChI=1S/C11H6Br2F3N3O/c12-8-3-7(20-10(8)13)5-18-19-9-2-1-6(4-17-9)11(14,15)16/h1-5H,(H,17,19)/b18-5+. The first kappa shape index (κ1) is 15.0. The highest BCUT2D eigenvalue weighted by Crippen LogP contribution is 2.29. The van der Waals surface area contributed by atoms with Gasteiger partial charge in [0.25, 0.3) is 0 Å². The maximum Gasteiger partial charge on any atom is 0.417 e. The Hall–Kier alpha value is -1.35. The zero-order valence-electron chi connectivity index (χ0n) is 9.58. The molecule has 0 aliphatic carbocycles. The van der Waals surface area contributed by atoms with Gasteiger partial charge in [0, 0.05) is 12.3 Å². The number of hydrogen-bond donors (Lipinski definition) is 1. The van der Waals surface area contributed by atoms with Crippen molar-refractivity contribution in [1.29, 1.82) is 0 Å². The molecule has 0 amide bonds. The Bertz CT molecular complexity index is 603. The zero-order valence-corrected chi connectivity index (χ0v) is 12.8. The largest absolute Gasteiger partial charge is 0.447 e. The van der Waals surface area contributed by atoms with E-state index in [2.05, 4.69) is 47.4 Å². The van der Waals surface area contributed by atoms with Crippen molar-refractivity contribution in [3.8, 4) is 0 Å². The molecular weight excluding hydrogens is 407 g/mol. The van der Waals surface area contributed by atoms with Crippen molar-refractivity contribution in [1.82, 2.24) is 4.98 Å². The fourth-order valence-corrected chi connectivity index (χ4v) is 1.82. The van der Waals surface area contributed by atoms with Gasteiger partial charge in [0.1, 0.15) is 11.6 Å². The smallest absolute Gasteiger partial charge is 0.417 e. The minimum atomic E-state index is -4.40. The summed E-state index contributed by atoms with van der Waals surface area (Å²) in [6.07, 6.45) is -2.30. The Morgan fingerprint density at radius 3 is 2.55 bits per heavy atom. The molecule has 0 saturated carbocycles. The lowest BCUT2D eigenvalue weighted by atomic mass is 10.3. The van der Waals surface area contributed by atoms with Crippen LogP contribution in [-0.2, 0) is 6.18 Å². The van der Waals surface area contributed by atoms with Crippen LogP contribution in [0.1, 0.15) is 11.3 Å². The Labute approximate surface area is 128 Å². The van der Waals surface area contributed by atoms with Crippen LogP contribution in [0.15, 0.2) is 43.1 Å². The van der Waals surface area contributed by atoms with Crippen molar-refractivity contribution in [2.75, 3.05) is 5.43 Å². The second-order valence-electron chi connectivity index (χ2n) is 3.57. The SMILES string of the molecule is FC(F)(F)c1ccc(N/N=C/c2cc(Br)c(Br)o2)nc1. The summed E-state index contributed by atoms with van der Waals surface area (Å²) in [5.74, 6) is 0.655. The second kappa shape index (κ2) is 5.96. The molecule has 0 bridgehead atoms. The van der Waals surface area contributed by atoms with Crippen LogP contribution < -0.4 is 5.43 Å². The van der Waals surface area contributed by atoms with Crippen LogP contribution >= 0.6 is 31.9 Å². The van der Waals surface area contributed by atoms with Crippen LogP contribution in [0.25, 0.3) is 0 Å². The molecule has 4 nitrogen and oxygen atoms in total. The first-order valence-corrected chi connectivity index (χ1v) is 6.72. The predicted molar refractivity (Wildman–Crippen MR) is 74.6 cm³/mol. The molecule has 2 aromatic heterocycles. The average Bonchev–Trinajstić information content (AvgIpc) is 2.68. The number of pyridine rings is 1. The minimum absolute atomic E-state index is 0.193. The third kappa shape index (κ3) is 3.83. The van der Waals surface area contributed by atoms with Crippen molar-refractivity contribution in [2.24, 2.45) is 5.10 Å². The zero-order chi connectivity index (χ0) is 14.8. The average molecular weight is 413 g/mol. The van der Waals surface area contributed by atoms with Gasteiger partial charge in [-0.3, -0.25) is 5.43 Å². The molecule has 0 aliphatic rings. The normalized spacial score (nSPS) is 12.1. The lowest BCUT2D eigenvalue weighted by molar-refractivity contribution is -0.137. The molecular formula is C11H6Br2F3N3O. The van der Waals surface area contributed by atoms with Gasteiger partial charge in [-0.15, -0.1) is 0 Å². The van der Waals surface area contributed by atoms with Gasteiger partial charge < -0.3 is 4.42 Å². The van der Waals surface area contributed by atoms with E-state index < -0.39 is 11.7 Å². The third-order valence-electron chi connectivity index (χ3n) is 2.13. The Balaban J connectivity index is 2.00. The summed E-state index contributed by atoms with van der Waals surface area (Å²) in [7, 11) is 0. The third-order valence-corrected chi connectivity index (χ3v) is 3.84. The van der Waals surface area contributed by atoms with E-state index in [-0.39, 0.29) is 5.82 Å². The summed E-state index contributed by atoms with van der Waals surface area (Å²) < 4.78 is 43.4. The number of aromatic nitrogens is 1. The molecule has 2 heterocycles. The molecule has 1 N–H and O–H groups in total. The minimum Gasteiger partial charge on any atom is -0.447 e. The van der Waals surface area contributed by atoms with Crippen molar-refractivity contribution < 1.29 is 17.6 Å². The molecule has 0 spiro atoms. The fourth-order valence-electron chi connectivity index (χ4n) is 1.22. The maximum absolute atomic E-state index is 12.3. The molecule has 0 radical (unpaired) electrons. The van der Waals surface area contributed by atoms with Gasteiger partial charge in [-0.25, -0.2) is 4.98 Å². The molecule has 0 unspecified atom stereocenters. The van der Waals surface area contributed by atoms with Crippen LogP contribution in [-0.4, -0.2) is 11.2 Å². The Morgan fingerprint density at radius 2 is 2.05 bits per heavy atom. The van der Waals surface area contributed by atoms with Gasteiger partial charge in [-0.05, 0) is 44.0 Å². The van der Waals surface area contributed by atoms with E-state index in [0.29, 0.717) is 10.4 Å². The summed E-state index contributed by atoms with van der Waals surface area (Å²) in [5.41, 5.74) is 1.69. The topological polar surface area (TPSA) is 50.4 Å². The van der Waals surface area contributed by atoms with Crippen LogP contribution in [0.4, 0.5) is 19.0 Å². The van der Waals surface area contributed by atoms with Crippen LogP contribution in [0.3, 0.4) is 0 Å². The first-order chi connectivity index (χ1) is 9.36. The van der Waals surface area contributed by atoms with Crippen molar-refractivity contribution in [2.45, 2.75) is 6.18 Å². The van der Waals surface area contributed by atoms with Gasteiger partial charge in [0.15, 0.2) is 4.67 Å². The number of rotatable bonds is 3. The Morgan fingerprint density at radius 1 is 1.30 bits per heavy atom. The van der Waals surface area contributed by atoms with E-state index in [4.69, 9.17) is 4.42 Å². The molecule has 20 heavy (non-hydrogen) atoms. The number of nitrogens with zero attached hydrogens (tertiary/aromatic N) is 2. The quantitative estimate of drug-likeness (QED) is 0.589. The number of hydrazone groups is 1. The lowest BCUT2D eigenvalue weighted by Crippen LogP contribution is -2.05. The highest BCUT2D eigenvalue weighted by Gasteiger charge is 2.30. The van der Waals surface area contributed by atoms with Crippen molar-refractivity contribution in [3.63, 3.8) is 0 Å². The molecule has 9 heteroatoms. The van der Waals surface area contributed by atoms with E-state index in [0.717, 1.165) is 16.7 Å². The Kier molecular flexibility index (Phi) is 4.48. The number of alkyl halides is 3. The van der Waals surface area contributed by atoms with Gasteiger partial charge >= 0.3 is 6.18 Å². The van der Waals surface area contributed by atoms with Gasteiger partial charge in [-0.1, -0.05) is 0 Å². The predicted octanol–water partition coefficient (Wildman–Crippen LogP) is 4.66. The fraction of sp³-hybridized carbons (Fsp3) is 0.0909. The highest BCUT2D eigenvalue weighted by atomic mass is 79.9. The van der Waals surface area contributed by atoms with Gasteiger partial charge in [-0.2, -0.15) is 18.3 Å². The number of anilines is 1. The molecule has 0 aliphatic heterocycles. The molecule has 106 valence electrons. The van der Waals surface area contributed by atoms with Crippen LogP contribution in [0, 0.1) is 0 Å². The monoisotopic (exact) mass is 411 g/mol. The van der Waals surface area contributed by atoms with Crippen molar-refractivity contribution >= 4 is 43.9 Å². The molecule has 2 rings (SSSR count). The van der Waals surface area contributed by atoms with E-state index in [1.165, 1.54) is 12.3 Å². The summed E-state index contributed by atoms with van der Waals surface area (Å²) >= 11 is 6.40. The van der Waals surface area contributed by atoms with E-state index in [9.17, 15) is 13.2 Å². The van der Waals surface area contributed by atoms with E-state index in [1.807, 2.05) is 0 Å². The molecule has 0 aromatic carbocycles. The summed E-state index contributed by atoms with van der Waals surface area (Å²) in [5, 5.41) is 3.80. The number of nitrogens with one attached hydrogen (secondary N) is 1. The first-order valence-electron chi connectivity index (χ1n) is 5.13. The number of hydrogen-bond acceptors (Lipinski definition) is 4. The van der Waals surface area contributed by atoms with Crippen LogP contribution in [0.2, 0.25) is 0 Å². The summed E-state index contributed by atoms with van der Waals surface area (Å²) in [6.45, 7) is 0. The van der Waals surface area contributed by atoms with Gasteiger partial charge in [0.05, 0.1) is 16.3 Å². The van der Waals surface area contributed by atoms with Crippen LogP contribution in [0.5, 0.6) is 0 Å². The lowest BCUT2D eigenvalue weighted by Gasteiger charge is -2.06. The molecule has 2 aromatic rings. The second-order valence-corrected chi connectivity index (χ2v) is 5.14. The number of furan rings is 1. The summed E-state index contributed by atoms with van der Waals surface area (Å²) in [4.78, 5) is 3.61. The maximum atomic E-state index is 12.3. The van der Waals surface area contributed by atoms with Crippen molar-refractivity contribution in [3.05, 3.63) is 44.9 Å². The van der Waals surface area contributed by atoms with Gasteiger partial charge in [0.2, 0.25) is 0 Å². The van der Waals surface area contributed by atoms with E-state index in [1.54, 1.807) is 6.07 Å². The molecule has 0 atom stereocenters. The van der Waals surface area contributed by atoms with E-state index >= 15 is 0 Å². The molecule has 0 fully saturated rings. The molecule has 0 saturated heterocycles. The summed E-state index contributed by atoms with van der Waals surface area (Å²) in [6, 6.07) is 3.79.